The van der Waals surface area contributed by atoms with Gasteiger partial charge in [0, 0.05) is 5.02 Å². The lowest BCUT2D eigenvalue weighted by Gasteiger charge is -2.29. The maximum atomic E-state index is 12.2. The van der Waals surface area contributed by atoms with E-state index in [0.29, 0.717) is 15.9 Å². The molecule has 0 amide bonds. The smallest absolute Gasteiger partial charge is 0.472 e. The van der Waals surface area contributed by atoms with Gasteiger partial charge in [0.1, 0.15) is 18.4 Å². The monoisotopic (exact) mass is 508 g/mol. The Morgan fingerprint density at radius 2 is 1.67 bits per heavy atom. The molecule has 0 saturated carbocycles. The average molecular weight is 509 g/mol. The number of carbonyl (C=O) groups is 1. The normalized spacial score (nSPS) is 15.6. The summed E-state index contributed by atoms with van der Waals surface area (Å²) in [6.45, 7) is 2.48. The number of carboxylic acid groups (broad SMARTS) is 1. The Labute approximate surface area is 203 Å². The molecule has 0 aliphatic carbocycles. The first-order valence-electron chi connectivity index (χ1n) is 11.5. The Balaban J connectivity index is 2.22. The van der Waals surface area contributed by atoms with Crippen LogP contribution in [0.25, 0.3) is 0 Å². The molecule has 0 fully saturated rings. The molecule has 0 spiro atoms. The molecule has 0 radical (unpaired) electrons. The van der Waals surface area contributed by atoms with Gasteiger partial charge in [-0.05, 0) is 49.9 Å². The molecule has 10 heteroatoms. The largest absolute Gasteiger partial charge is 0.490 e. The van der Waals surface area contributed by atoms with E-state index in [1.165, 1.54) is 0 Å². The van der Waals surface area contributed by atoms with Crippen LogP contribution in [0.3, 0.4) is 0 Å². The zero-order valence-corrected chi connectivity index (χ0v) is 21.9. The van der Waals surface area contributed by atoms with Crippen LogP contribution in [0, 0.1) is 0 Å². The zero-order chi connectivity index (χ0) is 24.9. The summed E-state index contributed by atoms with van der Waals surface area (Å²) in [6, 6.07) is 7.39. The lowest BCUT2D eigenvalue weighted by molar-refractivity contribution is -0.873. The number of carboxylic acids is 1. The van der Waals surface area contributed by atoms with Gasteiger partial charge in [0.15, 0.2) is 0 Å². The molecule has 0 aliphatic rings. The molecule has 1 rings (SSSR count). The van der Waals surface area contributed by atoms with Crippen LogP contribution in [-0.2, 0) is 18.4 Å². The first-order valence-corrected chi connectivity index (χ1v) is 13.4. The number of halogens is 1. The van der Waals surface area contributed by atoms with Crippen LogP contribution < -0.4 is 4.74 Å². The highest BCUT2D eigenvalue weighted by atomic mass is 35.5. The number of aliphatic carboxylic acids is 1. The van der Waals surface area contributed by atoms with Crippen LogP contribution in [0.2, 0.25) is 5.02 Å². The zero-order valence-electron chi connectivity index (χ0n) is 20.2. The van der Waals surface area contributed by atoms with Crippen molar-refractivity contribution in [1.82, 2.24) is 0 Å². The number of nitrogens with zero attached hydrogens (tertiary/aromatic N) is 1. The van der Waals surface area contributed by atoms with Crippen molar-refractivity contribution in [1.29, 1.82) is 0 Å². The van der Waals surface area contributed by atoms with Gasteiger partial charge in [0.05, 0.1) is 40.3 Å². The summed E-state index contributed by atoms with van der Waals surface area (Å²) in [4.78, 5) is 21.0. The van der Waals surface area contributed by atoms with E-state index in [-0.39, 0.29) is 25.7 Å². The minimum Gasteiger partial charge on any atom is -0.490 e. The number of unbranched alkanes of at least 4 members (excludes halogenated alkanes) is 4. The van der Waals surface area contributed by atoms with Crippen LogP contribution in [0.5, 0.6) is 5.75 Å². The first-order chi connectivity index (χ1) is 15.4. The molecule has 1 aromatic rings. The molecule has 3 atom stereocenters. The predicted octanol–water partition coefficient (Wildman–Crippen LogP) is 5.52. The van der Waals surface area contributed by atoms with Gasteiger partial charge in [-0.3, -0.25) is 13.8 Å². The standard InChI is InChI=1S/C23H39ClNO7P/c1-5-20(31-21-14-12-19(24)13-15-21)11-9-7-6-8-10-16-30-33(28,29)32-22(17-23(26)27)18-25(2,3)4/h12-15,20,22H,5-11,16-18H2,1-4H3,(H-,26,27,28,29)/p+1. The van der Waals surface area contributed by atoms with Gasteiger partial charge >= 0.3 is 13.8 Å². The van der Waals surface area contributed by atoms with Crippen molar-refractivity contribution in [2.24, 2.45) is 0 Å². The van der Waals surface area contributed by atoms with Gasteiger partial charge in [-0.25, -0.2) is 4.57 Å². The third-order valence-corrected chi connectivity index (χ3v) is 6.26. The maximum absolute atomic E-state index is 12.2. The number of hydrogen-bond acceptors (Lipinski definition) is 5. The van der Waals surface area contributed by atoms with Gasteiger partial charge in [0.25, 0.3) is 0 Å². The van der Waals surface area contributed by atoms with Crippen LogP contribution in [-0.4, -0.2) is 67.0 Å². The molecule has 0 bridgehead atoms. The minimum atomic E-state index is -4.30. The Morgan fingerprint density at radius 1 is 1.06 bits per heavy atom. The van der Waals surface area contributed by atoms with Crippen molar-refractivity contribution in [2.75, 3.05) is 34.3 Å². The van der Waals surface area contributed by atoms with Gasteiger partial charge in [0.2, 0.25) is 0 Å². The third kappa shape index (κ3) is 15.4. The van der Waals surface area contributed by atoms with Crippen LogP contribution >= 0.6 is 19.4 Å². The Kier molecular flexibility index (Phi) is 13.6. The molecule has 2 N–H and O–H groups in total. The number of phosphoric ester groups is 1. The van der Waals surface area contributed by atoms with Crippen molar-refractivity contribution in [3.63, 3.8) is 0 Å². The second kappa shape index (κ2) is 15.0. The molecule has 0 aromatic heterocycles. The SMILES string of the molecule is CCC(CCCCCCCOP(=O)(O)OC(CC(=O)O)C[N+](C)(C)C)Oc1ccc(Cl)cc1. The number of quaternary nitrogens is 1. The van der Waals surface area contributed by atoms with Crippen LogP contribution in [0.4, 0.5) is 0 Å². The number of likely N-dealkylation sites (N-methyl/N-ethyl adjacent to an activating group) is 1. The highest BCUT2D eigenvalue weighted by molar-refractivity contribution is 7.47. The molecule has 1 aromatic carbocycles. The molecule has 0 heterocycles. The molecular weight excluding hydrogens is 469 g/mol. The third-order valence-electron chi connectivity index (χ3n) is 4.93. The van der Waals surface area contributed by atoms with Crippen LogP contribution in [0.1, 0.15) is 58.3 Å². The van der Waals surface area contributed by atoms with E-state index >= 15 is 0 Å². The maximum Gasteiger partial charge on any atom is 0.472 e. The first kappa shape index (κ1) is 29.9. The summed E-state index contributed by atoms with van der Waals surface area (Å²) in [5.41, 5.74) is 0. The number of ether oxygens (including phenoxy) is 1. The average Bonchev–Trinajstić information content (AvgIpc) is 2.68. The van der Waals surface area contributed by atoms with Gasteiger partial charge in [-0.1, -0.05) is 37.8 Å². The topological polar surface area (TPSA) is 102 Å². The lowest BCUT2D eigenvalue weighted by atomic mass is 10.1. The fraction of sp³-hybridized carbons (Fsp3) is 0.696. The number of rotatable bonds is 18. The van der Waals surface area contributed by atoms with Crippen molar-refractivity contribution >= 4 is 25.4 Å². The number of hydrogen-bond donors (Lipinski definition) is 2. The number of phosphoric acid groups is 1. The molecule has 0 aliphatic heterocycles. The summed E-state index contributed by atoms with van der Waals surface area (Å²) in [5.74, 6) is -0.261. The Bertz CT molecular complexity index is 739. The molecular formula is C23H40ClNO7P+. The highest BCUT2D eigenvalue weighted by Crippen LogP contribution is 2.45. The quantitative estimate of drug-likeness (QED) is 0.153. The molecule has 3 unspecified atom stereocenters. The molecule has 8 nitrogen and oxygen atoms in total. The van der Waals surface area contributed by atoms with Crippen molar-refractivity contribution in [2.45, 2.75) is 70.5 Å². The fourth-order valence-electron chi connectivity index (χ4n) is 3.40. The fourth-order valence-corrected chi connectivity index (χ4v) is 4.46. The molecule has 33 heavy (non-hydrogen) atoms. The summed E-state index contributed by atoms with van der Waals surface area (Å²) in [6.07, 6.45) is 5.36. The van der Waals surface area contributed by atoms with Crippen molar-refractivity contribution in [3.05, 3.63) is 29.3 Å². The van der Waals surface area contributed by atoms with Crippen molar-refractivity contribution in [3.8, 4) is 5.75 Å². The Hall–Kier alpha value is -1.15. The van der Waals surface area contributed by atoms with Gasteiger partial charge in [-0.2, -0.15) is 0 Å². The summed E-state index contributed by atoms with van der Waals surface area (Å²) in [7, 11) is 1.26. The summed E-state index contributed by atoms with van der Waals surface area (Å²) in [5, 5.41) is 9.70. The number of benzene rings is 1. The Morgan fingerprint density at radius 3 is 2.24 bits per heavy atom. The van der Waals surface area contributed by atoms with E-state index in [2.05, 4.69) is 6.92 Å². The van der Waals surface area contributed by atoms with E-state index in [9.17, 15) is 14.3 Å². The van der Waals surface area contributed by atoms with E-state index in [4.69, 9.17) is 30.5 Å². The predicted molar refractivity (Wildman–Crippen MR) is 130 cm³/mol. The van der Waals surface area contributed by atoms with Crippen molar-refractivity contribution < 1.29 is 37.6 Å². The van der Waals surface area contributed by atoms with Gasteiger partial charge < -0.3 is 19.2 Å². The second-order valence-corrected chi connectivity index (χ2v) is 11.1. The summed E-state index contributed by atoms with van der Waals surface area (Å²) < 4.78 is 28.8. The van der Waals surface area contributed by atoms with E-state index in [1.54, 1.807) is 0 Å². The summed E-state index contributed by atoms with van der Waals surface area (Å²) >= 11 is 5.90. The second-order valence-electron chi connectivity index (χ2n) is 9.26. The van der Waals surface area contributed by atoms with E-state index in [0.717, 1.165) is 44.3 Å². The van der Waals surface area contributed by atoms with Crippen LogP contribution in [0.15, 0.2) is 24.3 Å². The molecule has 0 saturated heterocycles. The van der Waals surface area contributed by atoms with E-state index in [1.807, 2.05) is 45.4 Å². The minimum absolute atomic E-state index is 0.0925. The lowest BCUT2D eigenvalue weighted by Crippen LogP contribution is -2.42. The molecule has 190 valence electrons. The highest BCUT2D eigenvalue weighted by Gasteiger charge is 2.31. The van der Waals surface area contributed by atoms with E-state index < -0.39 is 19.9 Å². The van der Waals surface area contributed by atoms with Gasteiger partial charge in [-0.15, -0.1) is 0 Å².